The third-order valence-electron chi connectivity index (χ3n) is 3.45. The molecule has 90 valence electrons. The highest BCUT2D eigenvalue weighted by atomic mass is 79.9. The van der Waals surface area contributed by atoms with Gasteiger partial charge in [-0.1, -0.05) is 43.1 Å². The summed E-state index contributed by atoms with van der Waals surface area (Å²) in [6.45, 7) is 8.63. The maximum absolute atomic E-state index is 13.3. The monoisotopic (exact) mass is 286 g/mol. The Hall–Kier alpha value is -0.370. The first-order valence-electron chi connectivity index (χ1n) is 5.90. The van der Waals surface area contributed by atoms with E-state index in [1.165, 1.54) is 6.42 Å². The standard InChI is InChI=1S/C14H20BrF/c1-5-9(2)10(3)6-12-8-13(16)7-11(4)14(12)15/h7-10H,5-6H2,1-4H3. The third kappa shape index (κ3) is 3.31. The molecule has 1 rings (SSSR count). The van der Waals surface area contributed by atoms with Crippen molar-refractivity contribution in [3.63, 3.8) is 0 Å². The Bertz CT molecular complexity index is 360. The molecule has 0 saturated heterocycles. The molecule has 0 heterocycles. The Morgan fingerprint density at radius 2 is 1.88 bits per heavy atom. The lowest BCUT2D eigenvalue weighted by Crippen LogP contribution is -2.10. The predicted octanol–water partition coefficient (Wildman–Crippen LogP) is 5.12. The van der Waals surface area contributed by atoms with Crippen LogP contribution >= 0.6 is 15.9 Å². The highest BCUT2D eigenvalue weighted by molar-refractivity contribution is 9.10. The van der Waals surface area contributed by atoms with Gasteiger partial charge in [-0.05, 0) is 48.4 Å². The van der Waals surface area contributed by atoms with E-state index in [0.717, 1.165) is 22.0 Å². The van der Waals surface area contributed by atoms with Gasteiger partial charge in [-0.2, -0.15) is 0 Å². The Labute approximate surface area is 106 Å². The highest BCUT2D eigenvalue weighted by Crippen LogP contribution is 2.27. The molecular weight excluding hydrogens is 267 g/mol. The molecule has 0 aromatic heterocycles. The summed E-state index contributed by atoms with van der Waals surface area (Å²) in [7, 11) is 0. The summed E-state index contributed by atoms with van der Waals surface area (Å²) in [5.74, 6) is 1.13. The Balaban J connectivity index is 2.88. The molecule has 2 atom stereocenters. The van der Waals surface area contributed by atoms with Crippen LogP contribution in [0.4, 0.5) is 4.39 Å². The second-order valence-corrected chi connectivity index (χ2v) is 5.56. The first-order chi connectivity index (χ1) is 7.45. The van der Waals surface area contributed by atoms with Crippen LogP contribution in [-0.2, 0) is 6.42 Å². The van der Waals surface area contributed by atoms with Gasteiger partial charge < -0.3 is 0 Å². The van der Waals surface area contributed by atoms with E-state index in [1.807, 2.05) is 6.92 Å². The predicted molar refractivity (Wildman–Crippen MR) is 71.2 cm³/mol. The van der Waals surface area contributed by atoms with Crippen molar-refractivity contribution >= 4 is 15.9 Å². The minimum Gasteiger partial charge on any atom is -0.207 e. The first kappa shape index (κ1) is 13.7. The van der Waals surface area contributed by atoms with Crippen molar-refractivity contribution in [1.82, 2.24) is 0 Å². The van der Waals surface area contributed by atoms with Crippen molar-refractivity contribution in [2.24, 2.45) is 11.8 Å². The molecule has 2 unspecified atom stereocenters. The van der Waals surface area contributed by atoms with Crippen LogP contribution in [-0.4, -0.2) is 0 Å². The Morgan fingerprint density at radius 3 is 2.44 bits per heavy atom. The van der Waals surface area contributed by atoms with Crippen LogP contribution < -0.4 is 0 Å². The minimum atomic E-state index is -0.132. The average Bonchev–Trinajstić information content (AvgIpc) is 2.23. The topological polar surface area (TPSA) is 0 Å². The molecule has 16 heavy (non-hydrogen) atoms. The summed E-state index contributed by atoms with van der Waals surface area (Å²) in [5, 5.41) is 0. The van der Waals surface area contributed by atoms with E-state index in [4.69, 9.17) is 0 Å². The van der Waals surface area contributed by atoms with Crippen LogP contribution in [0.15, 0.2) is 16.6 Å². The van der Waals surface area contributed by atoms with Crippen molar-refractivity contribution in [3.05, 3.63) is 33.5 Å². The fourth-order valence-electron chi connectivity index (χ4n) is 1.89. The molecular formula is C14H20BrF. The van der Waals surface area contributed by atoms with E-state index >= 15 is 0 Å². The van der Waals surface area contributed by atoms with Crippen LogP contribution in [0.25, 0.3) is 0 Å². The summed E-state index contributed by atoms with van der Waals surface area (Å²) in [4.78, 5) is 0. The first-order valence-corrected chi connectivity index (χ1v) is 6.69. The zero-order chi connectivity index (χ0) is 12.3. The number of halogens is 2. The molecule has 0 nitrogen and oxygen atoms in total. The second-order valence-electron chi connectivity index (χ2n) is 4.76. The largest absolute Gasteiger partial charge is 0.207 e. The molecule has 0 amide bonds. The van der Waals surface area contributed by atoms with E-state index in [9.17, 15) is 4.39 Å². The maximum Gasteiger partial charge on any atom is 0.123 e. The van der Waals surface area contributed by atoms with Gasteiger partial charge in [0.05, 0.1) is 0 Å². The van der Waals surface area contributed by atoms with Crippen LogP contribution in [0.3, 0.4) is 0 Å². The normalized spacial score (nSPS) is 14.9. The number of aryl methyl sites for hydroxylation is 1. The number of rotatable bonds is 4. The van der Waals surface area contributed by atoms with Gasteiger partial charge >= 0.3 is 0 Å². The quantitative estimate of drug-likeness (QED) is 0.721. The third-order valence-corrected chi connectivity index (χ3v) is 4.59. The maximum atomic E-state index is 13.3. The van der Waals surface area contributed by atoms with Crippen LogP contribution in [0.5, 0.6) is 0 Å². The summed E-state index contributed by atoms with van der Waals surface area (Å²) in [6.07, 6.45) is 2.11. The SMILES string of the molecule is CCC(C)C(C)Cc1cc(F)cc(C)c1Br. The minimum absolute atomic E-state index is 0.132. The van der Waals surface area contributed by atoms with E-state index in [-0.39, 0.29) is 5.82 Å². The second kappa shape index (κ2) is 5.81. The molecule has 1 aromatic rings. The van der Waals surface area contributed by atoms with E-state index in [2.05, 4.69) is 36.7 Å². The van der Waals surface area contributed by atoms with E-state index < -0.39 is 0 Å². The number of hydrogen-bond donors (Lipinski definition) is 0. The zero-order valence-corrected chi connectivity index (χ0v) is 12.1. The average molecular weight is 287 g/mol. The zero-order valence-electron chi connectivity index (χ0n) is 10.5. The summed E-state index contributed by atoms with van der Waals surface area (Å²) >= 11 is 3.55. The van der Waals surface area contributed by atoms with E-state index in [1.54, 1.807) is 12.1 Å². The number of hydrogen-bond acceptors (Lipinski definition) is 0. The fourth-order valence-corrected chi connectivity index (χ4v) is 2.28. The molecule has 0 aliphatic rings. The smallest absolute Gasteiger partial charge is 0.123 e. The molecule has 0 saturated carbocycles. The van der Waals surface area contributed by atoms with Gasteiger partial charge in [-0.3, -0.25) is 0 Å². The lowest BCUT2D eigenvalue weighted by atomic mass is 9.88. The molecule has 0 fully saturated rings. The molecule has 2 heteroatoms. The van der Waals surface area contributed by atoms with E-state index in [0.29, 0.717) is 11.8 Å². The molecule has 0 radical (unpaired) electrons. The van der Waals surface area contributed by atoms with Crippen LogP contribution in [0.2, 0.25) is 0 Å². The molecule has 0 N–H and O–H groups in total. The molecule has 1 aromatic carbocycles. The van der Waals surface area contributed by atoms with Gasteiger partial charge in [-0.15, -0.1) is 0 Å². The fraction of sp³-hybridized carbons (Fsp3) is 0.571. The van der Waals surface area contributed by atoms with Crippen LogP contribution in [0.1, 0.15) is 38.3 Å². The van der Waals surface area contributed by atoms with Gasteiger partial charge in [0.2, 0.25) is 0 Å². The van der Waals surface area contributed by atoms with Crippen molar-refractivity contribution < 1.29 is 4.39 Å². The summed E-state index contributed by atoms with van der Waals surface area (Å²) < 4.78 is 14.4. The molecule has 0 aliphatic heterocycles. The van der Waals surface area contributed by atoms with Crippen molar-refractivity contribution in [3.8, 4) is 0 Å². The van der Waals surface area contributed by atoms with Crippen molar-refractivity contribution in [1.29, 1.82) is 0 Å². The molecule has 0 spiro atoms. The Kier molecular flexibility index (Phi) is 4.97. The van der Waals surface area contributed by atoms with Gasteiger partial charge in [-0.25, -0.2) is 4.39 Å². The van der Waals surface area contributed by atoms with Gasteiger partial charge in [0, 0.05) is 4.47 Å². The lowest BCUT2D eigenvalue weighted by molar-refractivity contribution is 0.374. The lowest BCUT2D eigenvalue weighted by Gasteiger charge is -2.19. The number of benzene rings is 1. The van der Waals surface area contributed by atoms with Gasteiger partial charge in [0.15, 0.2) is 0 Å². The van der Waals surface area contributed by atoms with Crippen LogP contribution in [0, 0.1) is 24.6 Å². The molecule has 0 bridgehead atoms. The Morgan fingerprint density at radius 1 is 1.25 bits per heavy atom. The van der Waals surface area contributed by atoms with Crippen molar-refractivity contribution in [2.75, 3.05) is 0 Å². The summed E-state index contributed by atoms with van der Waals surface area (Å²) in [5.41, 5.74) is 2.07. The molecule has 0 aliphatic carbocycles. The highest BCUT2D eigenvalue weighted by Gasteiger charge is 2.14. The van der Waals surface area contributed by atoms with Gasteiger partial charge in [0.25, 0.3) is 0 Å². The van der Waals surface area contributed by atoms with Gasteiger partial charge in [0.1, 0.15) is 5.82 Å². The van der Waals surface area contributed by atoms with Crippen molar-refractivity contribution in [2.45, 2.75) is 40.5 Å². The summed E-state index contributed by atoms with van der Waals surface area (Å²) in [6, 6.07) is 3.22.